The third-order valence-electron chi connectivity index (χ3n) is 5.18. The molecule has 9 heteroatoms. The summed E-state index contributed by atoms with van der Waals surface area (Å²) < 4.78 is 1.62. The van der Waals surface area contributed by atoms with Gasteiger partial charge in [0.05, 0.1) is 18.1 Å². The van der Waals surface area contributed by atoms with Crippen molar-refractivity contribution in [2.24, 2.45) is 5.73 Å². The molecule has 156 valence electrons. The van der Waals surface area contributed by atoms with E-state index in [1.54, 1.807) is 41.3 Å². The molecule has 1 aromatic heterocycles. The first-order valence-electron chi connectivity index (χ1n) is 10.0. The normalized spacial score (nSPS) is 15.9. The van der Waals surface area contributed by atoms with Crippen molar-refractivity contribution in [2.75, 3.05) is 39.8 Å². The van der Waals surface area contributed by atoms with Gasteiger partial charge in [-0.25, -0.2) is 4.68 Å². The maximum Gasteiger partial charge on any atom is 0.251 e. The molecule has 2 heterocycles. The van der Waals surface area contributed by atoms with Crippen molar-refractivity contribution in [3.05, 3.63) is 42.2 Å². The summed E-state index contributed by atoms with van der Waals surface area (Å²) in [4.78, 5) is 29.8. The molecule has 0 bridgehead atoms. The highest BCUT2D eigenvalue weighted by molar-refractivity contribution is 5.97. The number of carbonyl (C=O) groups is 2. The van der Waals surface area contributed by atoms with Crippen LogP contribution in [0.4, 0.5) is 0 Å². The molecule has 0 unspecified atom stereocenters. The first-order valence-corrected chi connectivity index (χ1v) is 10.0. The Morgan fingerprint density at radius 1 is 1.14 bits per heavy atom. The van der Waals surface area contributed by atoms with Crippen LogP contribution in [0.2, 0.25) is 0 Å². The molecule has 0 spiro atoms. The molecule has 1 aliphatic heterocycles. The van der Waals surface area contributed by atoms with Crippen LogP contribution in [-0.4, -0.2) is 82.4 Å². The number of carbonyl (C=O) groups excluding carboxylic acids is 2. The Morgan fingerprint density at radius 2 is 1.86 bits per heavy atom. The molecule has 1 atom stereocenters. The number of likely N-dealkylation sites (N-methyl/N-ethyl adjacent to an activating group) is 1. The second kappa shape index (κ2) is 10.1. The number of nitrogens with two attached hydrogens (primary N) is 1. The summed E-state index contributed by atoms with van der Waals surface area (Å²) in [6.45, 7) is 3.64. The van der Waals surface area contributed by atoms with Gasteiger partial charge in [0.25, 0.3) is 5.91 Å². The first-order chi connectivity index (χ1) is 14.1. The van der Waals surface area contributed by atoms with Crippen molar-refractivity contribution in [1.82, 2.24) is 30.1 Å². The number of nitrogens with zero attached hydrogens (tertiary/aromatic N) is 5. The summed E-state index contributed by atoms with van der Waals surface area (Å²) in [6, 6.07) is 6.52. The fourth-order valence-corrected chi connectivity index (χ4v) is 3.35. The van der Waals surface area contributed by atoms with Gasteiger partial charge in [-0.05, 0) is 57.1 Å². The molecule has 1 fully saturated rings. The summed E-state index contributed by atoms with van der Waals surface area (Å²) in [5.74, 6) is -0.266. The lowest BCUT2D eigenvalue weighted by atomic mass is 10.1. The minimum Gasteiger partial charge on any atom is -0.340 e. The fraction of sp³-hybridized carbons (Fsp3) is 0.500. The largest absolute Gasteiger partial charge is 0.340 e. The van der Waals surface area contributed by atoms with Crippen LogP contribution >= 0.6 is 0 Å². The molecule has 3 rings (SSSR count). The van der Waals surface area contributed by atoms with E-state index in [-0.39, 0.29) is 11.8 Å². The van der Waals surface area contributed by atoms with E-state index >= 15 is 0 Å². The van der Waals surface area contributed by atoms with E-state index in [2.05, 4.69) is 20.5 Å². The lowest BCUT2D eigenvalue weighted by Gasteiger charge is -2.34. The van der Waals surface area contributed by atoms with Gasteiger partial charge >= 0.3 is 0 Å². The Balaban J connectivity index is 1.65. The molecule has 1 aromatic carbocycles. The number of amides is 2. The Kier molecular flexibility index (Phi) is 7.31. The highest BCUT2D eigenvalue weighted by Crippen LogP contribution is 2.11. The van der Waals surface area contributed by atoms with Crippen molar-refractivity contribution in [2.45, 2.75) is 25.3 Å². The second-order valence-electron chi connectivity index (χ2n) is 7.33. The Hall–Kier alpha value is -2.78. The molecule has 1 saturated heterocycles. The number of unbranched alkanes of at least 4 members (excludes halogenated alkanes) is 1. The lowest BCUT2D eigenvalue weighted by Crippen LogP contribution is -2.54. The van der Waals surface area contributed by atoms with E-state index < -0.39 is 6.04 Å². The second-order valence-corrected chi connectivity index (χ2v) is 7.33. The summed E-state index contributed by atoms with van der Waals surface area (Å²) in [5.41, 5.74) is 6.91. The van der Waals surface area contributed by atoms with Crippen LogP contribution in [0.1, 0.15) is 29.6 Å². The van der Waals surface area contributed by atoms with E-state index in [1.807, 2.05) is 11.9 Å². The first kappa shape index (κ1) is 20.9. The van der Waals surface area contributed by atoms with Crippen LogP contribution in [0, 0.1) is 0 Å². The molecule has 29 heavy (non-hydrogen) atoms. The zero-order valence-electron chi connectivity index (χ0n) is 16.8. The van der Waals surface area contributed by atoms with Crippen molar-refractivity contribution in [3.8, 4) is 5.69 Å². The Bertz CT molecular complexity index is 784. The molecule has 0 radical (unpaired) electrons. The molecule has 9 nitrogen and oxygen atoms in total. The smallest absolute Gasteiger partial charge is 0.251 e. The van der Waals surface area contributed by atoms with E-state index in [0.29, 0.717) is 31.6 Å². The number of rotatable bonds is 8. The van der Waals surface area contributed by atoms with Crippen LogP contribution in [0.3, 0.4) is 0 Å². The zero-order valence-corrected chi connectivity index (χ0v) is 16.8. The maximum atomic E-state index is 13.0. The molecule has 0 aliphatic carbocycles. The van der Waals surface area contributed by atoms with Crippen molar-refractivity contribution < 1.29 is 9.59 Å². The number of nitrogens with one attached hydrogen (secondary N) is 1. The SMILES string of the molecule is CN1CCN(C(=O)[C@@H](CCCCN)NC(=O)c2ccc(-n3ccnn3)cc2)CC1. The monoisotopic (exact) mass is 399 g/mol. The molecule has 2 amide bonds. The Morgan fingerprint density at radius 3 is 2.48 bits per heavy atom. The summed E-state index contributed by atoms with van der Waals surface area (Å²) in [5, 5.41) is 10.6. The Labute approximate surface area is 170 Å². The third-order valence-corrected chi connectivity index (χ3v) is 5.18. The van der Waals surface area contributed by atoms with Gasteiger partial charge in [0.1, 0.15) is 6.04 Å². The standard InChI is InChI=1S/C20H29N7O2/c1-25-12-14-26(15-13-25)20(29)18(4-2-3-9-21)23-19(28)16-5-7-17(8-6-16)27-11-10-22-24-27/h5-8,10-11,18H,2-4,9,12-15,21H2,1H3,(H,23,28)/t18-/m1/s1. The number of hydrogen-bond donors (Lipinski definition) is 2. The van der Waals surface area contributed by atoms with Crippen LogP contribution in [0.5, 0.6) is 0 Å². The van der Waals surface area contributed by atoms with E-state index in [9.17, 15) is 9.59 Å². The molecule has 0 saturated carbocycles. The molecule has 3 N–H and O–H groups in total. The fourth-order valence-electron chi connectivity index (χ4n) is 3.35. The van der Waals surface area contributed by atoms with Gasteiger partial charge in [0, 0.05) is 31.7 Å². The van der Waals surface area contributed by atoms with Gasteiger partial charge in [-0.2, -0.15) is 0 Å². The van der Waals surface area contributed by atoms with Gasteiger partial charge in [-0.15, -0.1) is 5.10 Å². The predicted molar refractivity (Wildman–Crippen MR) is 110 cm³/mol. The number of aromatic nitrogens is 3. The molecular weight excluding hydrogens is 370 g/mol. The van der Waals surface area contributed by atoms with Gasteiger partial charge in [0.15, 0.2) is 0 Å². The highest BCUT2D eigenvalue weighted by atomic mass is 16.2. The van der Waals surface area contributed by atoms with Gasteiger partial charge < -0.3 is 20.9 Å². The summed E-state index contributed by atoms with van der Waals surface area (Å²) in [7, 11) is 2.05. The van der Waals surface area contributed by atoms with Gasteiger partial charge in [-0.1, -0.05) is 5.21 Å². The quantitative estimate of drug-likeness (QED) is 0.617. The molecule has 2 aromatic rings. The van der Waals surface area contributed by atoms with Crippen LogP contribution in [0.25, 0.3) is 5.69 Å². The van der Waals surface area contributed by atoms with Gasteiger partial charge in [-0.3, -0.25) is 9.59 Å². The van der Waals surface area contributed by atoms with Crippen molar-refractivity contribution >= 4 is 11.8 Å². The van der Waals surface area contributed by atoms with Gasteiger partial charge in [0.2, 0.25) is 5.91 Å². The number of piperazine rings is 1. The van der Waals surface area contributed by atoms with Crippen molar-refractivity contribution in [1.29, 1.82) is 0 Å². The minimum absolute atomic E-state index is 0.0114. The van der Waals surface area contributed by atoms with E-state index in [0.717, 1.165) is 31.6 Å². The summed E-state index contributed by atoms with van der Waals surface area (Å²) in [6.07, 6.45) is 5.54. The van der Waals surface area contributed by atoms with Crippen LogP contribution < -0.4 is 11.1 Å². The average molecular weight is 399 g/mol. The number of benzene rings is 1. The summed E-state index contributed by atoms with van der Waals surface area (Å²) >= 11 is 0. The van der Waals surface area contributed by atoms with E-state index in [1.165, 1.54) is 0 Å². The lowest BCUT2D eigenvalue weighted by molar-refractivity contribution is -0.135. The third kappa shape index (κ3) is 5.61. The maximum absolute atomic E-state index is 13.0. The van der Waals surface area contributed by atoms with Crippen LogP contribution in [-0.2, 0) is 4.79 Å². The minimum atomic E-state index is -0.535. The highest BCUT2D eigenvalue weighted by Gasteiger charge is 2.27. The van der Waals surface area contributed by atoms with E-state index in [4.69, 9.17) is 5.73 Å². The van der Waals surface area contributed by atoms with Crippen LogP contribution in [0.15, 0.2) is 36.7 Å². The zero-order chi connectivity index (χ0) is 20.6. The number of hydrogen-bond acceptors (Lipinski definition) is 6. The molecular formula is C20H29N7O2. The predicted octanol–water partition coefficient (Wildman–Crippen LogP) is 0.269. The average Bonchev–Trinajstić information content (AvgIpc) is 3.28. The molecule has 1 aliphatic rings. The van der Waals surface area contributed by atoms with Crippen molar-refractivity contribution in [3.63, 3.8) is 0 Å². The topological polar surface area (TPSA) is 109 Å².